The van der Waals surface area contributed by atoms with Crippen LogP contribution < -0.4 is 14.2 Å². The van der Waals surface area contributed by atoms with Crippen LogP contribution >= 0.6 is 0 Å². The topological polar surface area (TPSA) is 27.7 Å². The van der Waals surface area contributed by atoms with Crippen molar-refractivity contribution in [3.63, 3.8) is 0 Å². The van der Waals surface area contributed by atoms with Gasteiger partial charge in [-0.05, 0) is 60.0 Å². The molecule has 38 heavy (non-hydrogen) atoms. The Morgan fingerprint density at radius 1 is 0.421 bits per heavy atom. The lowest BCUT2D eigenvalue weighted by molar-refractivity contribution is -0.154. The molecule has 0 amide bonds. The Hall–Kier alpha value is -3.57. The summed E-state index contributed by atoms with van der Waals surface area (Å²) >= 11 is 0. The highest BCUT2D eigenvalue weighted by molar-refractivity contribution is 5.52. The van der Waals surface area contributed by atoms with Crippen LogP contribution in [0.5, 0.6) is 17.2 Å². The van der Waals surface area contributed by atoms with Gasteiger partial charge in [-0.3, -0.25) is 0 Å². The molecule has 3 aromatic rings. The second kappa shape index (κ2) is 11.0. The second-order valence-corrected chi connectivity index (χ2v) is 8.41. The van der Waals surface area contributed by atoms with Crippen LogP contribution in [0.1, 0.15) is 23.6 Å². The first-order valence-corrected chi connectivity index (χ1v) is 11.0. The smallest absolute Gasteiger partial charge is 0.422 e. The van der Waals surface area contributed by atoms with E-state index < -0.39 is 43.8 Å². The maximum atomic E-state index is 12.5. The van der Waals surface area contributed by atoms with Crippen LogP contribution in [0.25, 0.3) is 0 Å². The molecular formula is C26H21F9O3. The maximum Gasteiger partial charge on any atom is 0.422 e. The largest absolute Gasteiger partial charge is 0.484 e. The molecule has 0 atom stereocenters. The molecule has 0 saturated heterocycles. The molecule has 0 heterocycles. The summed E-state index contributed by atoms with van der Waals surface area (Å²) in [4.78, 5) is 0. The maximum absolute atomic E-state index is 12.5. The van der Waals surface area contributed by atoms with Crippen LogP contribution in [0, 0.1) is 0 Å². The van der Waals surface area contributed by atoms with Gasteiger partial charge in [0.2, 0.25) is 0 Å². The van der Waals surface area contributed by atoms with Crippen LogP contribution in [0.3, 0.4) is 0 Å². The number of halogens is 9. The summed E-state index contributed by atoms with van der Waals surface area (Å²) in [5.74, 6) is -0.124. The number of rotatable bonds is 9. The van der Waals surface area contributed by atoms with Gasteiger partial charge < -0.3 is 14.2 Å². The molecule has 3 rings (SSSR count). The molecule has 0 bridgehead atoms. The normalized spacial score (nSPS) is 12.8. The van der Waals surface area contributed by atoms with Gasteiger partial charge in [-0.25, -0.2) is 0 Å². The second-order valence-electron chi connectivity index (χ2n) is 8.41. The van der Waals surface area contributed by atoms with Gasteiger partial charge in [0.25, 0.3) is 0 Å². The van der Waals surface area contributed by atoms with Crippen molar-refractivity contribution in [2.45, 2.75) is 30.9 Å². The zero-order valence-electron chi connectivity index (χ0n) is 19.7. The van der Waals surface area contributed by atoms with E-state index in [0.717, 1.165) is 0 Å². The van der Waals surface area contributed by atoms with Crippen molar-refractivity contribution in [3.8, 4) is 17.2 Å². The Bertz CT molecular complexity index is 1020. The number of ether oxygens (including phenoxy) is 3. The molecule has 0 saturated carbocycles. The lowest BCUT2D eigenvalue weighted by Crippen LogP contribution is -2.25. The van der Waals surface area contributed by atoms with Crippen molar-refractivity contribution < 1.29 is 53.7 Å². The van der Waals surface area contributed by atoms with Gasteiger partial charge in [-0.1, -0.05) is 36.4 Å². The minimum atomic E-state index is -4.53. The Balaban J connectivity index is 1.95. The summed E-state index contributed by atoms with van der Waals surface area (Å²) in [7, 11) is 0. The molecule has 0 unspecified atom stereocenters. The molecule has 0 aromatic heterocycles. The van der Waals surface area contributed by atoms with Gasteiger partial charge >= 0.3 is 18.5 Å². The van der Waals surface area contributed by atoms with Crippen molar-refractivity contribution in [1.82, 2.24) is 0 Å². The molecule has 12 heteroatoms. The molecule has 3 aromatic carbocycles. The third-order valence-electron chi connectivity index (χ3n) is 5.50. The molecule has 0 N–H and O–H groups in total. The summed E-state index contributed by atoms with van der Waals surface area (Å²) in [6.45, 7) is -2.71. The summed E-state index contributed by atoms with van der Waals surface area (Å²) in [5, 5.41) is 0. The third-order valence-corrected chi connectivity index (χ3v) is 5.50. The highest BCUT2D eigenvalue weighted by atomic mass is 19.4. The summed E-state index contributed by atoms with van der Waals surface area (Å²) < 4.78 is 127. The predicted molar refractivity (Wildman–Crippen MR) is 120 cm³/mol. The minimum absolute atomic E-state index is 0.0415. The Labute approximate surface area is 211 Å². The van der Waals surface area contributed by atoms with E-state index in [-0.39, 0.29) is 17.2 Å². The molecule has 0 aliphatic rings. The Kier molecular flexibility index (Phi) is 8.42. The van der Waals surface area contributed by atoms with E-state index in [4.69, 9.17) is 14.2 Å². The van der Waals surface area contributed by atoms with Crippen molar-refractivity contribution in [3.05, 3.63) is 89.5 Å². The number of hydrogen-bond donors (Lipinski definition) is 0. The van der Waals surface area contributed by atoms with Gasteiger partial charge in [-0.15, -0.1) is 0 Å². The highest BCUT2D eigenvalue weighted by Crippen LogP contribution is 2.41. The fourth-order valence-corrected chi connectivity index (χ4v) is 3.65. The number of benzene rings is 3. The minimum Gasteiger partial charge on any atom is -0.484 e. The SMILES string of the molecule is CC(c1ccc(OCC(F)(F)F)cc1)(c1ccc(OCC(F)(F)F)cc1)c1ccc(OCC(F)(F)F)cc1. The predicted octanol–water partition coefficient (Wildman–Crippen LogP) is 7.86. The van der Waals surface area contributed by atoms with Crippen molar-refractivity contribution in [2.75, 3.05) is 19.8 Å². The lowest BCUT2D eigenvalue weighted by Gasteiger charge is -2.32. The van der Waals surface area contributed by atoms with Crippen LogP contribution in [-0.4, -0.2) is 38.3 Å². The highest BCUT2D eigenvalue weighted by Gasteiger charge is 2.33. The van der Waals surface area contributed by atoms with Crippen molar-refractivity contribution in [1.29, 1.82) is 0 Å². The average Bonchev–Trinajstić information content (AvgIpc) is 2.84. The van der Waals surface area contributed by atoms with Crippen molar-refractivity contribution in [2.24, 2.45) is 0 Å². The van der Waals surface area contributed by atoms with E-state index in [1.165, 1.54) is 72.8 Å². The van der Waals surface area contributed by atoms with Gasteiger partial charge in [0.15, 0.2) is 19.8 Å². The zero-order valence-corrected chi connectivity index (χ0v) is 19.7. The molecule has 0 aliphatic carbocycles. The van der Waals surface area contributed by atoms with E-state index in [1.54, 1.807) is 6.92 Å². The fraction of sp³-hybridized carbons (Fsp3) is 0.308. The van der Waals surface area contributed by atoms with E-state index >= 15 is 0 Å². The van der Waals surface area contributed by atoms with Gasteiger partial charge in [-0.2, -0.15) is 39.5 Å². The van der Waals surface area contributed by atoms with E-state index in [2.05, 4.69) is 0 Å². The fourth-order valence-electron chi connectivity index (χ4n) is 3.65. The summed E-state index contributed by atoms with van der Waals surface area (Å²) in [5.41, 5.74) is 0.646. The number of alkyl halides is 9. The first kappa shape index (κ1) is 29.0. The van der Waals surface area contributed by atoms with Gasteiger partial charge in [0.1, 0.15) is 17.2 Å². The monoisotopic (exact) mass is 552 g/mol. The molecule has 3 nitrogen and oxygen atoms in total. The molecule has 0 radical (unpaired) electrons. The van der Waals surface area contributed by atoms with E-state index in [0.29, 0.717) is 16.7 Å². The van der Waals surface area contributed by atoms with Crippen LogP contribution in [0.2, 0.25) is 0 Å². The first-order chi connectivity index (χ1) is 17.6. The quantitative estimate of drug-likeness (QED) is 0.200. The average molecular weight is 552 g/mol. The van der Waals surface area contributed by atoms with Crippen LogP contribution in [-0.2, 0) is 5.41 Å². The third kappa shape index (κ3) is 8.22. The van der Waals surface area contributed by atoms with Crippen LogP contribution in [0.4, 0.5) is 39.5 Å². The summed E-state index contributed by atoms with van der Waals surface area (Å²) in [6.07, 6.45) is -13.6. The standard InChI is InChI=1S/C26H21F9O3/c1-23(17-2-8-20(9-3-17)36-14-24(27,28)29,18-4-10-21(11-5-18)37-15-25(30,31)32)19-6-12-22(13-7-19)38-16-26(33,34)35/h2-13H,14-16H2,1H3. The zero-order chi connectivity index (χ0) is 28.2. The molecule has 0 spiro atoms. The first-order valence-electron chi connectivity index (χ1n) is 11.0. The molecule has 0 aliphatic heterocycles. The Morgan fingerprint density at radius 2 is 0.632 bits per heavy atom. The van der Waals surface area contributed by atoms with Crippen LogP contribution in [0.15, 0.2) is 72.8 Å². The lowest BCUT2D eigenvalue weighted by atomic mass is 9.71. The number of hydrogen-bond acceptors (Lipinski definition) is 3. The molecule has 206 valence electrons. The van der Waals surface area contributed by atoms with Gasteiger partial charge in [0.05, 0.1) is 0 Å². The van der Waals surface area contributed by atoms with Gasteiger partial charge in [0, 0.05) is 5.41 Å². The van der Waals surface area contributed by atoms with Crippen molar-refractivity contribution >= 4 is 0 Å². The van der Waals surface area contributed by atoms with E-state index in [9.17, 15) is 39.5 Å². The van der Waals surface area contributed by atoms with E-state index in [1.807, 2.05) is 0 Å². The molecular weight excluding hydrogens is 531 g/mol. The Morgan fingerprint density at radius 3 is 0.816 bits per heavy atom. The molecule has 0 fully saturated rings. The summed E-state index contributed by atoms with van der Waals surface area (Å²) in [6, 6.07) is 17.1.